The summed E-state index contributed by atoms with van der Waals surface area (Å²) in [7, 11) is 0. The molecular weight excluding hydrogens is 247 g/mol. The molecule has 0 N–H and O–H groups in total. The Balaban J connectivity index is 2.18. The maximum absolute atomic E-state index is 13.4. The number of ether oxygens (including phenoxy) is 1. The topological polar surface area (TPSA) is 9.23 Å². The normalized spacial score (nSPS) is 27.6. The molecule has 1 saturated heterocycles. The average molecular weight is 258 g/mol. The molecule has 3 heteroatoms. The molecule has 0 spiro atoms. The highest BCUT2D eigenvalue weighted by Gasteiger charge is 2.24. The van der Waals surface area contributed by atoms with Crippen LogP contribution in [0.15, 0.2) is 24.3 Å². The first-order valence-corrected chi connectivity index (χ1v) is 5.52. The standard InChI is InChI=1S/C11H11BrFO/c12-9-5-8(6-14-7-9)10-3-1-2-4-11(10)13/h1-4,6,8-9H,5,7H2. The van der Waals surface area contributed by atoms with E-state index in [0.717, 1.165) is 12.0 Å². The summed E-state index contributed by atoms with van der Waals surface area (Å²) in [5.74, 6) is -0.0896. The van der Waals surface area contributed by atoms with E-state index in [2.05, 4.69) is 15.9 Å². The van der Waals surface area contributed by atoms with Crippen LogP contribution in [0.5, 0.6) is 0 Å². The van der Waals surface area contributed by atoms with E-state index in [1.807, 2.05) is 12.1 Å². The number of hydrogen-bond donors (Lipinski definition) is 0. The lowest BCUT2D eigenvalue weighted by molar-refractivity contribution is 0.146. The zero-order valence-electron chi connectivity index (χ0n) is 7.62. The van der Waals surface area contributed by atoms with E-state index < -0.39 is 0 Å². The predicted octanol–water partition coefficient (Wildman–Crippen LogP) is 3.25. The first-order chi connectivity index (χ1) is 6.77. The molecule has 0 aliphatic carbocycles. The highest BCUT2D eigenvalue weighted by atomic mass is 79.9. The molecule has 1 heterocycles. The minimum Gasteiger partial charge on any atom is -0.374 e. The van der Waals surface area contributed by atoms with E-state index in [-0.39, 0.29) is 11.7 Å². The van der Waals surface area contributed by atoms with Crippen LogP contribution in [0.1, 0.15) is 17.9 Å². The molecule has 1 aromatic carbocycles. The molecule has 2 unspecified atom stereocenters. The van der Waals surface area contributed by atoms with Gasteiger partial charge in [-0.1, -0.05) is 34.1 Å². The molecule has 1 aliphatic heterocycles. The van der Waals surface area contributed by atoms with Crippen LogP contribution in [0.2, 0.25) is 0 Å². The number of alkyl halides is 1. The van der Waals surface area contributed by atoms with Crippen molar-refractivity contribution in [1.29, 1.82) is 0 Å². The number of benzene rings is 1. The Morgan fingerprint density at radius 2 is 2.14 bits per heavy atom. The van der Waals surface area contributed by atoms with Crippen LogP contribution in [-0.4, -0.2) is 11.4 Å². The van der Waals surface area contributed by atoms with Crippen LogP contribution in [0.25, 0.3) is 0 Å². The number of halogens is 2. The fourth-order valence-electron chi connectivity index (χ4n) is 1.65. The molecule has 0 amide bonds. The molecule has 1 fully saturated rings. The lowest BCUT2D eigenvalue weighted by atomic mass is 9.93. The maximum atomic E-state index is 13.4. The van der Waals surface area contributed by atoms with E-state index in [0.29, 0.717) is 11.4 Å². The van der Waals surface area contributed by atoms with Gasteiger partial charge in [0, 0.05) is 10.7 Å². The molecule has 1 radical (unpaired) electrons. The fraction of sp³-hybridized carbons (Fsp3) is 0.364. The highest BCUT2D eigenvalue weighted by Crippen LogP contribution is 2.32. The van der Waals surface area contributed by atoms with Gasteiger partial charge in [0.15, 0.2) is 0 Å². The molecule has 0 aromatic heterocycles. The molecule has 2 rings (SSSR count). The zero-order chi connectivity index (χ0) is 9.97. The third-order valence-electron chi connectivity index (χ3n) is 2.35. The van der Waals surface area contributed by atoms with Crippen molar-refractivity contribution in [3.8, 4) is 0 Å². The lowest BCUT2D eigenvalue weighted by Gasteiger charge is -2.25. The second kappa shape index (κ2) is 4.41. The van der Waals surface area contributed by atoms with Gasteiger partial charge in [0.1, 0.15) is 5.82 Å². The van der Waals surface area contributed by atoms with Crippen molar-refractivity contribution in [2.75, 3.05) is 6.61 Å². The van der Waals surface area contributed by atoms with E-state index in [9.17, 15) is 4.39 Å². The van der Waals surface area contributed by atoms with Crippen LogP contribution in [0.3, 0.4) is 0 Å². The number of rotatable bonds is 1. The van der Waals surface area contributed by atoms with E-state index in [1.165, 1.54) is 6.07 Å². The Morgan fingerprint density at radius 1 is 1.36 bits per heavy atom. The van der Waals surface area contributed by atoms with Crippen molar-refractivity contribution in [3.63, 3.8) is 0 Å². The van der Waals surface area contributed by atoms with Crippen molar-refractivity contribution in [2.24, 2.45) is 0 Å². The van der Waals surface area contributed by atoms with Gasteiger partial charge in [0.05, 0.1) is 13.2 Å². The Morgan fingerprint density at radius 3 is 2.86 bits per heavy atom. The van der Waals surface area contributed by atoms with Gasteiger partial charge in [-0.25, -0.2) is 4.39 Å². The Hall–Kier alpha value is -0.410. The summed E-state index contributed by atoms with van der Waals surface area (Å²) in [4.78, 5) is 0.317. The molecule has 1 aliphatic rings. The van der Waals surface area contributed by atoms with E-state index in [4.69, 9.17) is 4.74 Å². The van der Waals surface area contributed by atoms with E-state index >= 15 is 0 Å². The van der Waals surface area contributed by atoms with Gasteiger partial charge in [-0.15, -0.1) is 0 Å². The second-order valence-electron chi connectivity index (χ2n) is 3.43. The first-order valence-electron chi connectivity index (χ1n) is 4.61. The monoisotopic (exact) mass is 257 g/mol. The van der Waals surface area contributed by atoms with Crippen molar-refractivity contribution in [3.05, 3.63) is 42.3 Å². The minimum absolute atomic E-state index is 0.0642. The van der Waals surface area contributed by atoms with Crippen LogP contribution >= 0.6 is 15.9 Å². The Bertz CT molecular complexity index is 316. The quantitative estimate of drug-likeness (QED) is 0.702. The minimum atomic E-state index is -0.154. The van der Waals surface area contributed by atoms with Crippen LogP contribution in [0, 0.1) is 12.4 Å². The SMILES string of the molecule is Fc1ccccc1C1[CH]OCC(Br)C1. The van der Waals surface area contributed by atoms with Gasteiger partial charge < -0.3 is 4.74 Å². The molecule has 0 bridgehead atoms. The molecule has 1 nitrogen and oxygen atoms in total. The van der Waals surface area contributed by atoms with Gasteiger partial charge in [0.2, 0.25) is 0 Å². The summed E-state index contributed by atoms with van der Waals surface area (Å²) >= 11 is 3.48. The first kappa shape index (κ1) is 10.1. The van der Waals surface area contributed by atoms with Gasteiger partial charge in [-0.3, -0.25) is 0 Å². The molecule has 14 heavy (non-hydrogen) atoms. The fourth-order valence-corrected chi connectivity index (χ4v) is 2.21. The third kappa shape index (κ3) is 2.15. The van der Waals surface area contributed by atoms with Crippen molar-refractivity contribution in [2.45, 2.75) is 17.2 Å². The average Bonchev–Trinajstić information content (AvgIpc) is 2.18. The zero-order valence-corrected chi connectivity index (χ0v) is 9.21. The van der Waals surface area contributed by atoms with Crippen molar-refractivity contribution >= 4 is 15.9 Å². The highest BCUT2D eigenvalue weighted by molar-refractivity contribution is 9.09. The summed E-state index contributed by atoms with van der Waals surface area (Å²) in [5, 5.41) is 0. The van der Waals surface area contributed by atoms with Gasteiger partial charge in [0.25, 0.3) is 0 Å². The largest absolute Gasteiger partial charge is 0.374 e. The van der Waals surface area contributed by atoms with Gasteiger partial charge >= 0.3 is 0 Å². The van der Waals surface area contributed by atoms with Crippen molar-refractivity contribution in [1.82, 2.24) is 0 Å². The number of hydrogen-bond acceptors (Lipinski definition) is 1. The summed E-state index contributed by atoms with van der Waals surface area (Å²) in [6, 6.07) is 6.85. The molecule has 2 atom stereocenters. The smallest absolute Gasteiger partial charge is 0.126 e. The van der Waals surface area contributed by atoms with Crippen LogP contribution < -0.4 is 0 Å². The van der Waals surface area contributed by atoms with Crippen LogP contribution in [-0.2, 0) is 4.74 Å². The summed E-state index contributed by atoms with van der Waals surface area (Å²) in [5.41, 5.74) is 0.719. The Kier molecular flexibility index (Phi) is 3.19. The Labute approximate surface area is 91.4 Å². The maximum Gasteiger partial charge on any atom is 0.126 e. The van der Waals surface area contributed by atoms with Gasteiger partial charge in [-0.05, 0) is 18.1 Å². The summed E-state index contributed by atoms with van der Waals surface area (Å²) in [6.07, 6.45) is 0.890. The molecule has 0 saturated carbocycles. The van der Waals surface area contributed by atoms with Crippen molar-refractivity contribution < 1.29 is 9.13 Å². The molecule has 1 aromatic rings. The van der Waals surface area contributed by atoms with Gasteiger partial charge in [-0.2, -0.15) is 0 Å². The second-order valence-corrected chi connectivity index (χ2v) is 4.73. The summed E-state index contributed by atoms with van der Waals surface area (Å²) in [6.45, 7) is 2.40. The predicted molar refractivity (Wildman–Crippen MR) is 56.7 cm³/mol. The molecule has 75 valence electrons. The summed E-state index contributed by atoms with van der Waals surface area (Å²) < 4.78 is 18.7. The van der Waals surface area contributed by atoms with Crippen LogP contribution in [0.4, 0.5) is 4.39 Å². The molecular formula is C11H11BrFO. The lowest BCUT2D eigenvalue weighted by Crippen LogP contribution is -2.21. The van der Waals surface area contributed by atoms with E-state index in [1.54, 1.807) is 12.7 Å². The third-order valence-corrected chi connectivity index (χ3v) is 2.99.